The van der Waals surface area contributed by atoms with Gasteiger partial charge >= 0.3 is 5.69 Å². The molecule has 2 aliphatic heterocycles. The Morgan fingerprint density at radius 3 is 2.55 bits per heavy atom. The smallest absolute Gasteiger partial charge is 0.329 e. The summed E-state index contributed by atoms with van der Waals surface area (Å²) in [5.74, 6) is -0.789. The summed E-state index contributed by atoms with van der Waals surface area (Å²) in [6.07, 6.45) is 0.809. The molecule has 2 aliphatic rings. The molecule has 0 spiro atoms. The highest BCUT2D eigenvalue weighted by molar-refractivity contribution is 5.91. The third-order valence-electron chi connectivity index (χ3n) is 6.52. The minimum Gasteiger partial charge on any atom is -0.367 e. The number of nitrogens with one attached hydrogen (secondary N) is 2. The van der Waals surface area contributed by atoms with Gasteiger partial charge in [0.2, 0.25) is 5.91 Å². The monoisotopic (exact) mass is 432 g/mol. The van der Waals surface area contributed by atoms with Gasteiger partial charge in [0.15, 0.2) is 0 Å². The predicted octanol–water partition coefficient (Wildman–Crippen LogP) is -0.161. The van der Waals surface area contributed by atoms with Gasteiger partial charge < -0.3 is 20.3 Å². The topological polar surface area (TPSA) is 91.6 Å². The number of piperazine rings is 1. The number of rotatable bonds is 7. The number of aromatic nitrogens is 2. The Labute approximate surface area is 179 Å². The van der Waals surface area contributed by atoms with Crippen LogP contribution in [0.3, 0.4) is 0 Å². The van der Waals surface area contributed by atoms with Crippen molar-refractivity contribution >= 4 is 28.9 Å². The van der Waals surface area contributed by atoms with Crippen LogP contribution in [-0.4, -0.2) is 78.6 Å². The largest absolute Gasteiger partial charge is 0.367 e. The van der Waals surface area contributed by atoms with Crippen LogP contribution in [0.25, 0.3) is 11.0 Å². The Bertz CT molecular complexity index is 1040. The molecule has 2 N–H and O–H groups in total. The maximum atomic E-state index is 15.0. The fraction of sp³-hybridized carbons (Fsp3) is 0.571. The van der Waals surface area contributed by atoms with E-state index in [9.17, 15) is 18.8 Å². The van der Waals surface area contributed by atoms with Gasteiger partial charge in [-0.1, -0.05) is 0 Å². The first-order valence-electron chi connectivity index (χ1n) is 10.7. The first kappa shape index (κ1) is 21.5. The molecular weight excluding hydrogens is 403 g/mol. The average Bonchev–Trinajstić information content (AvgIpc) is 3.00. The average molecular weight is 433 g/mol. The SMILES string of the molecule is CNC(=O)CCC(C=O)n1c(=O)n(C)c2c(N3CCN(C4CNC4)CC3)ccc(F)c21. The molecule has 0 bridgehead atoms. The number of carbonyl (C=O) groups excluding carboxylic acids is 2. The third kappa shape index (κ3) is 3.85. The highest BCUT2D eigenvalue weighted by atomic mass is 19.1. The van der Waals surface area contributed by atoms with Crippen LogP contribution in [0.4, 0.5) is 10.1 Å². The Morgan fingerprint density at radius 2 is 1.97 bits per heavy atom. The van der Waals surface area contributed by atoms with E-state index in [1.807, 2.05) is 0 Å². The number of hydrogen-bond acceptors (Lipinski definition) is 6. The summed E-state index contributed by atoms with van der Waals surface area (Å²) in [5.41, 5.74) is 0.923. The number of amides is 1. The van der Waals surface area contributed by atoms with E-state index in [0.29, 0.717) is 17.8 Å². The first-order chi connectivity index (χ1) is 15.0. The number of imidazole rings is 1. The summed E-state index contributed by atoms with van der Waals surface area (Å²) in [6.45, 7) is 5.41. The molecule has 3 heterocycles. The molecule has 0 aliphatic carbocycles. The molecule has 1 unspecified atom stereocenters. The molecular formula is C21H29FN6O3. The molecule has 2 aromatic rings. The summed E-state index contributed by atoms with van der Waals surface area (Å²) in [6, 6.07) is 2.73. The molecule has 2 fully saturated rings. The van der Waals surface area contributed by atoms with Crippen LogP contribution in [0.2, 0.25) is 0 Å². The number of halogens is 1. The zero-order valence-electron chi connectivity index (χ0n) is 17.9. The van der Waals surface area contributed by atoms with Crippen LogP contribution in [0.5, 0.6) is 0 Å². The Morgan fingerprint density at radius 1 is 1.26 bits per heavy atom. The van der Waals surface area contributed by atoms with E-state index in [2.05, 4.69) is 20.4 Å². The van der Waals surface area contributed by atoms with Crippen molar-refractivity contribution in [1.82, 2.24) is 24.7 Å². The number of nitrogens with zero attached hydrogens (tertiary/aromatic N) is 4. The number of anilines is 1. The van der Waals surface area contributed by atoms with Crippen molar-refractivity contribution in [3.8, 4) is 0 Å². The molecule has 10 heteroatoms. The number of hydrogen-bond donors (Lipinski definition) is 2. The second-order valence-corrected chi connectivity index (χ2v) is 8.23. The fourth-order valence-electron chi connectivity index (χ4n) is 4.54. The lowest BCUT2D eigenvalue weighted by atomic mass is 10.1. The van der Waals surface area contributed by atoms with Gasteiger partial charge in [-0.2, -0.15) is 0 Å². The molecule has 1 aromatic carbocycles. The van der Waals surface area contributed by atoms with Gasteiger partial charge in [-0.25, -0.2) is 9.18 Å². The lowest BCUT2D eigenvalue weighted by molar-refractivity contribution is -0.121. The molecule has 9 nitrogen and oxygen atoms in total. The van der Waals surface area contributed by atoms with Crippen LogP contribution in [0, 0.1) is 5.82 Å². The van der Waals surface area contributed by atoms with Crippen molar-refractivity contribution in [2.75, 3.05) is 51.2 Å². The van der Waals surface area contributed by atoms with Crippen LogP contribution in [-0.2, 0) is 16.6 Å². The maximum Gasteiger partial charge on any atom is 0.329 e. The third-order valence-corrected chi connectivity index (χ3v) is 6.52. The zero-order valence-corrected chi connectivity index (χ0v) is 17.9. The fourth-order valence-corrected chi connectivity index (χ4v) is 4.54. The second-order valence-electron chi connectivity index (χ2n) is 8.23. The molecule has 4 rings (SSSR count). The van der Waals surface area contributed by atoms with Crippen LogP contribution in [0.15, 0.2) is 16.9 Å². The normalized spacial score (nSPS) is 18.7. The van der Waals surface area contributed by atoms with Gasteiger partial charge in [0.25, 0.3) is 0 Å². The van der Waals surface area contributed by atoms with Crippen molar-refractivity contribution in [1.29, 1.82) is 0 Å². The van der Waals surface area contributed by atoms with Crippen molar-refractivity contribution in [2.24, 2.45) is 7.05 Å². The van der Waals surface area contributed by atoms with Crippen LogP contribution < -0.4 is 21.2 Å². The van der Waals surface area contributed by atoms with Crippen LogP contribution in [0.1, 0.15) is 18.9 Å². The molecule has 0 saturated carbocycles. The maximum absolute atomic E-state index is 15.0. The van der Waals surface area contributed by atoms with Crippen molar-refractivity contribution < 1.29 is 14.0 Å². The number of carbonyl (C=O) groups is 2. The van der Waals surface area contributed by atoms with Gasteiger partial charge in [0.1, 0.15) is 17.6 Å². The summed E-state index contributed by atoms with van der Waals surface area (Å²) >= 11 is 0. The minimum absolute atomic E-state index is 0.0715. The zero-order chi connectivity index (χ0) is 22.1. The van der Waals surface area contributed by atoms with Gasteiger partial charge in [-0.15, -0.1) is 0 Å². The van der Waals surface area contributed by atoms with E-state index in [4.69, 9.17) is 0 Å². The molecule has 168 valence electrons. The van der Waals surface area contributed by atoms with E-state index < -0.39 is 17.5 Å². The molecule has 1 aromatic heterocycles. The number of aldehydes is 1. The van der Waals surface area contributed by atoms with E-state index in [0.717, 1.165) is 45.0 Å². The Hall–Kier alpha value is -2.72. The van der Waals surface area contributed by atoms with Crippen molar-refractivity contribution in [3.05, 3.63) is 28.4 Å². The molecule has 1 atom stereocenters. The van der Waals surface area contributed by atoms with Crippen molar-refractivity contribution in [3.63, 3.8) is 0 Å². The minimum atomic E-state index is -0.916. The number of aryl methyl sites for hydroxylation is 1. The summed E-state index contributed by atoms with van der Waals surface area (Å²) < 4.78 is 17.6. The number of benzene rings is 1. The highest BCUT2D eigenvalue weighted by Crippen LogP contribution is 2.31. The molecule has 2 saturated heterocycles. The van der Waals surface area contributed by atoms with Gasteiger partial charge in [0.05, 0.1) is 17.2 Å². The van der Waals surface area contributed by atoms with Gasteiger partial charge in [-0.05, 0) is 18.6 Å². The van der Waals surface area contributed by atoms with E-state index in [1.165, 1.54) is 22.2 Å². The van der Waals surface area contributed by atoms with E-state index in [-0.39, 0.29) is 24.3 Å². The quantitative estimate of drug-likeness (QED) is 0.591. The summed E-state index contributed by atoms with van der Waals surface area (Å²) in [4.78, 5) is 41.1. The van der Waals surface area contributed by atoms with Crippen molar-refractivity contribution in [2.45, 2.75) is 24.9 Å². The first-order valence-corrected chi connectivity index (χ1v) is 10.7. The standard InChI is InChI=1S/C21H29FN6O3/c1-23-18(30)6-3-14(13-29)28-19-16(22)4-5-17(20(19)25(2)21(28)31)27-9-7-26(8-10-27)15-11-24-12-15/h4-5,13-15,24H,3,6-12H2,1-2H3,(H,23,30). The van der Waals surface area contributed by atoms with Gasteiger partial charge in [0, 0.05) is 65.8 Å². The summed E-state index contributed by atoms with van der Waals surface area (Å²) in [5, 5.41) is 5.79. The molecule has 0 radical (unpaired) electrons. The lowest BCUT2D eigenvalue weighted by Gasteiger charge is -2.44. The van der Waals surface area contributed by atoms with E-state index in [1.54, 1.807) is 13.1 Å². The predicted molar refractivity (Wildman–Crippen MR) is 116 cm³/mol. The molecule has 31 heavy (non-hydrogen) atoms. The van der Waals surface area contributed by atoms with E-state index >= 15 is 0 Å². The second kappa shape index (κ2) is 8.80. The number of fused-ring (bicyclic) bond motifs is 1. The Balaban J connectivity index is 1.68. The van der Waals surface area contributed by atoms with Gasteiger partial charge in [-0.3, -0.25) is 18.8 Å². The van der Waals surface area contributed by atoms with Crippen LogP contribution >= 0.6 is 0 Å². The lowest BCUT2D eigenvalue weighted by Crippen LogP contribution is -2.61. The highest BCUT2D eigenvalue weighted by Gasteiger charge is 2.30. The summed E-state index contributed by atoms with van der Waals surface area (Å²) in [7, 11) is 3.11. The molecule has 1 amide bonds. The Kier molecular flexibility index (Phi) is 6.10.